The van der Waals surface area contributed by atoms with Crippen LogP contribution in [0, 0.1) is 0 Å². The number of rotatable bonds is 12. The van der Waals surface area contributed by atoms with Gasteiger partial charge in [0.1, 0.15) is 6.04 Å². The second kappa shape index (κ2) is 14.6. The third-order valence-electron chi connectivity index (χ3n) is 4.90. The molecular formula is C22H34ClN9O2. The zero-order chi connectivity index (χ0) is 24.2. The number of nitrogens with zero attached hydrogens (tertiary/aromatic N) is 2. The Morgan fingerprint density at radius 1 is 0.824 bits per heavy atom. The number of halogens is 1. The van der Waals surface area contributed by atoms with E-state index in [-0.39, 0.29) is 30.2 Å². The van der Waals surface area contributed by atoms with E-state index in [0.717, 1.165) is 10.8 Å². The normalized spacial score (nSPS) is 12.0. The van der Waals surface area contributed by atoms with E-state index in [1.165, 1.54) is 0 Å². The third kappa shape index (κ3) is 9.92. The average molecular weight is 492 g/mol. The molecule has 0 bridgehead atoms. The van der Waals surface area contributed by atoms with E-state index in [1.807, 2.05) is 42.5 Å². The van der Waals surface area contributed by atoms with Gasteiger partial charge < -0.3 is 39.3 Å². The maximum absolute atomic E-state index is 13.0. The summed E-state index contributed by atoms with van der Waals surface area (Å²) < 4.78 is 0. The van der Waals surface area contributed by atoms with E-state index in [9.17, 15) is 9.59 Å². The topological polar surface area (TPSA) is 213 Å². The standard InChI is InChI=1S/C22H33N9O2.ClH/c23-17(7-3-11-28-21(24)25)19(32)31-18(8-4-12-29-22(26)27)20(33)30-16-10-9-14-5-1-2-6-15(14)13-16;/h1-2,5-6,9-10,13,17-18H,3-4,7-8,11-12,23H2,(H,30,33)(H,31,32)(H4,24,25,28)(H4,26,27,29);1H. The summed E-state index contributed by atoms with van der Waals surface area (Å²) in [6, 6.07) is 11.8. The van der Waals surface area contributed by atoms with Crippen molar-refractivity contribution in [3.8, 4) is 0 Å². The van der Waals surface area contributed by atoms with Gasteiger partial charge in [-0.3, -0.25) is 19.6 Å². The van der Waals surface area contributed by atoms with Crippen LogP contribution in [-0.2, 0) is 9.59 Å². The fourth-order valence-electron chi connectivity index (χ4n) is 3.20. The van der Waals surface area contributed by atoms with E-state index in [2.05, 4.69) is 20.6 Å². The molecule has 0 spiro atoms. The van der Waals surface area contributed by atoms with Crippen molar-refractivity contribution < 1.29 is 9.59 Å². The van der Waals surface area contributed by atoms with Crippen LogP contribution in [0.1, 0.15) is 25.7 Å². The molecule has 186 valence electrons. The van der Waals surface area contributed by atoms with Gasteiger partial charge in [-0.2, -0.15) is 0 Å². The lowest BCUT2D eigenvalue weighted by Gasteiger charge is -2.20. The lowest BCUT2D eigenvalue weighted by molar-refractivity contribution is -0.127. The molecule has 34 heavy (non-hydrogen) atoms. The molecule has 2 atom stereocenters. The van der Waals surface area contributed by atoms with E-state index in [0.29, 0.717) is 44.5 Å². The van der Waals surface area contributed by atoms with E-state index in [1.54, 1.807) is 0 Å². The van der Waals surface area contributed by atoms with Gasteiger partial charge in [0.25, 0.3) is 0 Å². The monoisotopic (exact) mass is 491 g/mol. The predicted molar refractivity (Wildman–Crippen MR) is 140 cm³/mol. The Morgan fingerprint density at radius 2 is 1.41 bits per heavy atom. The summed E-state index contributed by atoms with van der Waals surface area (Å²) in [5, 5.41) is 7.66. The predicted octanol–water partition coefficient (Wildman–Crippen LogP) is 0.119. The van der Waals surface area contributed by atoms with Crippen LogP contribution in [0.4, 0.5) is 5.69 Å². The van der Waals surface area contributed by atoms with E-state index < -0.39 is 18.0 Å². The summed E-state index contributed by atoms with van der Waals surface area (Å²) in [5.41, 5.74) is 27.9. The molecule has 2 amide bonds. The van der Waals surface area contributed by atoms with Crippen molar-refractivity contribution in [2.45, 2.75) is 37.8 Å². The Morgan fingerprint density at radius 3 is 2.03 bits per heavy atom. The quantitative estimate of drug-likeness (QED) is 0.123. The molecule has 0 aliphatic rings. The molecule has 0 aliphatic carbocycles. The molecule has 12 heteroatoms. The maximum atomic E-state index is 13.0. The van der Waals surface area contributed by atoms with Crippen molar-refractivity contribution >= 4 is 52.6 Å². The molecule has 0 heterocycles. The Bertz CT molecular complexity index is 1000. The van der Waals surface area contributed by atoms with Gasteiger partial charge in [-0.25, -0.2) is 0 Å². The highest BCUT2D eigenvalue weighted by Crippen LogP contribution is 2.19. The number of fused-ring (bicyclic) bond motifs is 1. The van der Waals surface area contributed by atoms with Crippen molar-refractivity contribution in [1.29, 1.82) is 0 Å². The van der Waals surface area contributed by atoms with Crippen LogP contribution in [0.5, 0.6) is 0 Å². The first-order chi connectivity index (χ1) is 15.8. The lowest BCUT2D eigenvalue weighted by atomic mass is 10.1. The van der Waals surface area contributed by atoms with Crippen molar-refractivity contribution in [3.05, 3.63) is 42.5 Å². The van der Waals surface area contributed by atoms with Gasteiger partial charge in [0.05, 0.1) is 6.04 Å². The van der Waals surface area contributed by atoms with Gasteiger partial charge >= 0.3 is 0 Å². The Hall–Kier alpha value is -3.57. The number of hydrogen-bond acceptors (Lipinski definition) is 5. The second-order valence-corrected chi connectivity index (χ2v) is 7.62. The molecule has 0 aromatic heterocycles. The van der Waals surface area contributed by atoms with E-state index in [4.69, 9.17) is 28.7 Å². The summed E-state index contributed by atoms with van der Waals surface area (Å²) in [6.45, 7) is 0.705. The highest BCUT2D eigenvalue weighted by Gasteiger charge is 2.23. The van der Waals surface area contributed by atoms with Crippen LogP contribution >= 0.6 is 12.4 Å². The minimum absolute atomic E-state index is 0. The SMILES string of the molecule is Cl.NC(N)=NCCCC(N)C(=O)NC(CCCN=C(N)N)C(=O)Nc1ccc2ccccc2c1. The fraction of sp³-hybridized carbons (Fsp3) is 0.364. The maximum Gasteiger partial charge on any atom is 0.246 e. The molecule has 0 saturated heterocycles. The van der Waals surface area contributed by atoms with Crippen LogP contribution in [-0.4, -0.2) is 48.9 Å². The van der Waals surface area contributed by atoms with Crippen LogP contribution in [0.2, 0.25) is 0 Å². The molecule has 12 N–H and O–H groups in total. The number of nitrogens with two attached hydrogens (primary N) is 5. The molecule has 0 radical (unpaired) electrons. The number of aliphatic imine (C=N–C) groups is 2. The third-order valence-corrected chi connectivity index (χ3v) is 4.90. The van der Waals surface area contributed by atoms with Gasteiger partial charge in [0.2, 0.25) is 11.8 Å². The van der Waals surface area contributed by atoms with Gasteiger partial charge in [0, 0.05) is 18.8 Å². The first kappa shape index (κ1) is 28.5. The molecule has 0 fully saturated rings. The van der Waals surface area contributed by atoms with Gasteiger partial charge in [-0.05, 0) is 48.6 Å². The van der Waals surface area contributed by atoms with Gasteiger partial charge in [-0.15, -0.1) is 12.4 Å². The molecule has 2 aromatic rings. The minimum atomic E-state index is -0.804. The van der Waals surface area contributed by atoms with Crippen LogP contribution < -0.4 is 39.3 Å². The lowest BCUT2D eigenvalue weighted by Crippen LogP contribution is -2.50. The highest BCUT2D eigenvalue weighted by atomic mass is 35.5. The Balaban J connectivity index is 0.00000578. The summed E-state index contributed by atoms with van der Waals surface area (Å²) in [4.78, 5) is 33.3. The summed E-state index contributed by atoms with van der Waals surface area (Å²) in [6.07, 6.45) is 1.73. The molecule has 2 aromatic carbocycles. The first-order valence-electron chi connectivity index (χ1n) is 10.7. The number of nitrogens with one attached hydrogen (secondary N) is 2. The summed E-state index contributed by atoms with van der Waals surface area (Å²) in [7, 11) is 0. The minimum Gasteiger partial charge on any atom is -0.370 e. The molecule has 0 saturated carbocycles. The van der Waals surface area contributed by atoms with Crippen molar-refractivity contribution in [2.24, 2.45) is 38.7 Å². The van der Waals surface area contributed by atoms with Crippen molar-refractivity contribution in [1.82, 2.24) is 5.32 Å². The largest absolute Gasteiger partial charge is 0.370 e. The first-order valence-corrected chi connectivity index (χ1v) is 10.7. The average Bonchev–Trinajstić information content (AvgIpc) is 2.78. The number of amides is 2. The van der Waals surface area contributed by atoms with Crippen molar-refractivity contribution in [3.63, 3.8) is 0 Å². The van der Waals surface area contributed by atoms with Gasteiger partial charge in [-0.1, -0.05) is 30.3 Å². The molecule has 0 aliphatic heterocycles. The number of hydrogen-bond donors (Lipinski definition) is 7. The van der Waals surface area contributed by atoms with Crippen molar-refractivity contribution in [2.75, 3.05) is 18.4 Å². The number of anilines is 1. The highest BCUT2D eigenvalue weighted by molar-refractivity contribution is 5.99. The number of carbonyl (C=O) groups excluding carboxylic acids is 2. The molecule has 2 unspecified atom stereocenters. The second-order valence-electron chi connectivity index (χ2n) is 7.62. The van der Waals surface area contributed by atoms with Crippen LogP contribution in [0.15, 0.2) is 52.4 Å². The Labute approximate surface area is 205 Å². The number of benzene rings is 2. The number of carbonyl (C=O) groups is 2. The van der Waals surface area contributed by atoms with E-state index >= 15 is 0 Å². The fourth-order valence-corrected chi connectivity index (χ4v) is 3.20. The zero-order valence-electron chi connectivity index (χ0n) is 18.9. The molecule has 2 rings (SSSR count). The van der Waals surface area contributed by atoms with Crippen LogP contribution in [0.3, 0.4) is 0 Å². The zero-order valence-corrected chi connectivity index (χ0v) is 19.8. The van der Waals surface area contributed by atoms with Gasteiger partial charge in [0.15, 0.2) is 11.9 Å². The molecular weight excluding hydrogens is 458 g/mol. The molecule has 11 nitrogen and oxygen atoms in total. The number of guanidine groups is 2. The summed E-state index contributed by atoms with van der Waals surface area (Å²) in [5.74, 6) is -0.825. The smallest absolute Gasteiger partial charge is 0.246 e. The Kier molecular flexibility index (Phi) is 12.2. The summed E-state index contributed by atoms with van der Waals surface area (Å²) >= 11 is 0. The van der Waals surface area contributed by atoms with Crippen LogP contribution in [0.25, 0.3) is 10.8 Å².